The number of carbonyl (C=O) groups excluding carboxylic acids is 2. The normalized spacial score (nSPS) is 17.3. The van der Waals surface area contributed by atoms with Crippen molar-refractivity contribution in [3.63, 3.8) is 0 Å². The molecule has 1 saturated carbocycles. The lowest BCUT2D eigenvalue weighted by Gasteiger charge is -2.33. The lowest BCUT2D eigenvalue weighted by molar-refractivity contribution is -0.133. The average molecular weight is 525 g/mol. The monoisotopic (exact) mass is 524 g/mol. The fraction of sp³-hybridized carbons (Fsp3) is 0.286. The molecule has 1 aromatic carbocycles. The SMILES string of the molecule is C=N/C(=C\C(=C)C#N)NC(=O)c1ccc(Oc2ccnc3[nH]nc(N[C@@H]4CCCN(C(=O)C5CC5)C4)c23)cc1. The van der Waals surface area contributed by atoms with Crippen molar-refractivity contribution in [3.8, 4) is 17.6 Å². The van der Waals surface area contributed by atoms with Gasteiger partial charge in [0.05, 0.1) is 6.07 Å². The second-order valence-electron chi connectivity index (χ2n) is 9.55. The summed E-state index contributed by atoms with van der Waals surface area (Å²) in [5, 5.41) is 23.0. The Hall–Kier alpha value is -4.98. The van der Waals surface area contributed by atoms with Crippen molar-refractivity contribution in [3.05, 3.63) is 66.1 Å². The van der Waals surface area contributed by atoms with E-state index in [9.17, 15) is 9.59 Å². The predicted molar refractivity (Wildman–Crippen MR) is 146 cm³/mol. The fourth-order valence-corrected chi connectivity index (χ4v) is 4.50. The molecule has 0 spiro atoms. The number of anilines is 1. The topological polar surface area (TPSA) is 148 Å². The minimum absolute atomic E-state index is 0.0770. The van der Waals surface area contributed by atoms with Crippen LogP contribution in [0.15, 0.2) is 65.6 Å². The highest BCUT2D eigenvalue weighted by Crippen LogP contribution is 2.35. The molecular weight excluding hydrogens is 496 g/mol. The van der Waals surface area contributed by atoms with Gasteiger partial charge in [-0.25, -0.2) is 9.98 Å². The Morgan fingerprint density at radius 3 is 2.74 bits per heavy atom. The summed E-state index contributed by atoms with van der Waals surface area (Å²) in [5.74, 6) is 1.86. The number of nitrogens with zero attached hydrogens (tertiary/aromatic N) is 5. The molecule has 2 aliphatic rings. The van der Waals surface area contributed by atoms with E-state index in [4.69, 9.17) is 10.00 Å². The summed E-state index contributed by atoms with van der Waals surface area (Å²) in [5.41, 5.74) is 1.08. The number of amides is 2. The summed E-state index contributed by atoms with van der Waals surface area (Å²) in [6.07, 6.45) is 6.84. The molecule has 1 aliphatic carbocycles. The number of allylic oxidation sites excluding steroid dienone is 2. The van der Waals surface area contributed by atoms with Gasteiger partial charge in [0.1, 0.15) is 22.7 Å². The van der Waals surface area contributed by atoms with Crippen LogP contribution in [-0.2, 0) is 4.79 Å². The molecule has 11 nitrogen and oxygen atoms in total. The highest BCUT2D eigenvalue weighted by atomic mass is 16.5. The maximum Gasteiger partial charge on any atom is 0.256 e. The number of hydrogen-bond donors (Lipinski definition) is 3. The van der Waals surface area contributed by atoms with Crippen LogP contribution < -0.4 is 15.4 Å². The van der Waals surface area contributed by atoms with E-state index < -0.39 is 5.91 Å². The number of rotatable bonds is 9. The van der Waals surface area contributed by atoms with Crippen LogP contribution in [0.2, 0.25) is 0 Å². The number of H-pyrrole nitrogens is 1. The van der Waals surface area contributed by atoms with Gasteiger partial charge in [0, 0.05) is 48.4 Å². The standard InChI is InChI=1S/C28H28N8O3/c1-17(15-29)14-23(30-2)33-27(37)18-7-9-21(10-8-18)39-22-11-12-31-25-24(22)26(35-34-25)32-20-4-3-13-36(16-20)28(38)19-5-6-19/h7-12,14,19-20H,1-6,13,16H2,(H,33,37)(H2,31,32,34,35)/b23-14+/t20-/m1/s1. The smallest absolute Gasteiger partial charge is 0.256 e. The van der Waals surface area contributed by atoms with E-state index >= 15 is 0 Å². The Bertz CT molecular complexity index is 1500. The van der Waals surface area contributed by atoms with Gasteiger partial charge in [0.25, 0.3) is 5.91 Å². The van der Waals surface area contributed by atoms with Crippen LogP contribution >= 0.6 is 0 Å². The third-order valence-corrected chi connectivity index (χ3v) is 6.63. The van der Waals surface area contributed by atoms with Gasteiger partial charge in [0.2, 0.25) is 5.91 Å². The molecule has 198 valence electrons. The Morgan fingerprint density at radius 1 is 1.23 bits per heavy atom. The highest BCUT2D eigenvalue weighted by Gasteiger charge is 2.35. The largest absolute Gasteiger partial charge is 0.456 e. The van der Waals surface area contributed by atoms with Crippen molar-refractivity contribution in [1.29, 1.82) is 5.26 Å². The maximum absolute atomic E-state index is 12.6. The number of aromatic nitrogens is 3. The predicted octanol–water partition coefficient (Wildman–Crippen LogP) is 3.91. The Kier molecular flexibility index (Phi) is 7.36. The summed E-state index contributed by atoms with van der Waals surface area (Å²) in [7, 11) is 0. The molecule has 2 amide bonds. The van der Waals surface area contributed by atoms with Crippen molar-refractivity contribution >= 4 is 35.4 Å². The van der Waals surface area contributed by atoms with Crippen molar-refractivity contribution in [1.82, 2.24) is 25.4 Å². The zero-order valence-corrected chi connectivity index (χ0v) is 21.3. The van der Waals surface area contributed by atoms with Crippen LogP contribution in [-0.4, -0.2) is 57.7 Å². The number of piperidine rings is 1. The average Bonchev–Trinajstić information content (AvgIpc) is 3.73. The first-order valence-corrected chi connectivity index (χ1v) is 12.7. The fourth-order valence-electron chi connectivity index (χ4n) is 4.50. The second kappa shape index (κ2) is 11.2. The van der Waals surface area contributed by atoms with Gasteiger partial charge in [-0.1, -0.05) is 6.58 Å². The number of benzene rings is 1. The molecule has 0 unspecified atom stereocenters. The number of pyridine rings is 1. The molecule has 0 bridgehead atoms. The first kappa shape index (κ1) is 25.7. The van der Waals surface area contributed by atoms with Gasteiger partial charge in [0.15, 0.2) is 11.5 Å². The first-order valence-electron chi connectivity index (χ1n) is 12.7. The van der Waals surface area contributed by atoms with Crippen molar-refractivity contribution in [2.24, 2.45) is 10.9 Å². The van der Waals surface area contributed by atoms with E-state index in [1.807, 2.05) is 11.0 Å². The number of hydrogen-bond acceptors (Lipinski definition) is 8. The molecule has 3 N–H and O–H groups in total. The molecule has 0 radical (unpaired) electrons. The molecule has 1 saturated heterocycles. The molecule has 2 fully saturated rings. The van der Waals surface area contributed by atoms with E-state index in [1.165, 1.54) is 6.08 Å². The van der Waals surface area contributed by atoms with Gasteiger partial charge < -0.3 is 20.3 Å². The summed E-state index contributed by atoms with van der Waals surface area (Å²) in [6, 6.07) is 10.3. The number of aromatic amines is 1. The van der Waals surface area contributed by atoms with Gasteiger partial charge >= 0.3 is 0 Å². The van der Waals surface area contributed by atoms with Crippen molar-refractivity contribution in [2.75, 3.05) is 18.4 Å². The van der Waals surface area contributed by atoms with E-state index in [0.29, 0.717) is 40.5 Å². The van der Waals surface area contributed by atoms with Crippen molar-refractivity contribution < 1.29 is 14.3 Å². The van der Waals surface area contributed by atoms with Gasteiger partial charge in [-0.3, -0.25) is 14.7 Å². The summed E-state index contributed by atoms with van der Waals surface area (Å²) >= 11 is 0. The zero-order chi connectivity index (χ0) is 27.4. The summed E-state index contributed by atoms with van der Waals surface area (Å²) < 4.78 is 6.16. The number of aliphatic imine (C=N–C) groups is 1. The quantitative estimate of drug-likeness (QED) is 0.218. The molecular formula is C28H28N8O3. The Labute approximate surface area is 225 Å². The van der Waals surface area contributed by atoms with E-state index in [0.717, 1.165) is 32.2 Å². The Balaban J connectivity index is 1.29. The van der Waals surface area contributed by atoms with Gasteiger partial charge in [-0.05, 0) is 62.7 Å². The van der Waals surface area contributed by atoms with E-state index in [2.05, 4.69) is 44.1 Å². The second-order valence-corrected chi connectivity index (χ2v) is 9.55. The number of carbonyl (C=O) groups is 2. The van der Waals surface area contributed by atoms with Crippen LogP contribution in [0.5, 0.6) is 11.5 Å². The maximum atomic E-state index is 12.6. The molecule has 1 atom stereocenters. The molecule has 5 rings (SSSR count). The zero-order valence-electron chi connectivity index (χ0n) is 21.3. The number of fused-ring (bicyclic) bond motifs is 1. The minimum atomic E-state index is -0.416. The van der Waals surface area contributed by atoms with Crippen LogP contribution in [0.3, 0.4) is 0 Å². The number of nitrogens with one attached hydrogen (secondary N) is 3. The van der Waals surface area contributed by atoms with Crippen molar-refractivity contribution in [2.45, 2.75) is 31.7 Å². The molecule has 11 heteroatoms. The third kappa shape index (κ3) is 5.96. The van der Waals surface area contributed by atoms with E-state index in [1.54, 1.807) is 36.5 Å². The molecule has 39 heavy (non-hydrogen) atoms. The van der Waals surface area contributed by atoms with Gasteiger partial charge in [-0.2, -0.15) is 10.4 Å². The molecule has 2 aromatic heterocycles. The Morgan fingerprint density at radius 2 is 2.03 bits per heavy atom. The van der Waals surface area contributed by atoms with Crippen LogP contribution in [0.4, 0.5) is 5.82 Å². The van der Waals surface area contributed by atoms with Crippen LogP contribution in [0.25, 0.3) is 11.0 Å². The van der Waals surface area contributed by atoms with Crippen LogP contribution in [0, 0.1) is 17.2 Å². The number of likely N-dealkylation sites (tertiary alicyclic amines) is 1. The molecule has 3 heterocycles. The van der Waals surface area contributed by atoms with Gasteiger partial charge in [-0.15, -0.1) is 0 Å². The summed E-state index contributed by atoms with van der Waals surface area (Å²) in [4.78, 5) is 35.2. The summed E-state index contributed by atoms with van der Waals surface area (Å²) in [6.45, 7) is 8.39. The first-order chi connectivity index (χ1) is 18.9. The van der Waals surface area contributed by atoms with E-state index in [-0.39, 0.29) is 29.3 Å². The molecule has 3 aromatic rings. The third-order valence-electron chi connectivity index (χ3n) is 6.63. The molecule has 1 aliphatic heterocycles. The number of ether oxygens (including phenoxy) is 1. The minimum Gasteiger partial charge on any atom is -0.456 e. The lowest BCUT2D eigenvalue weighted by Crippen LogP contribution is -2.45. The van der Waals surface area contributed by atoms with Crippen LogP contribution in [0.1, 0.15) is 36.0 Å². The number of nitriles is 1. The lowest BCUT2D eigenvalue weighted by atomic mass is 10.0. The highest BCUT2D eigenvalue weighted by molar-refractivity contribution is 5.96.